The number of anilines is 2. The van der Waals surface area contributed by atoms with Crippen molar-refractivity contribution in [3.8, 4) is 0 Å². The summed E-state index contributed by atoms with van der Waals surface area (Å²) in [6.07, 6.45) is 1.98. The summed E-state index contributed by atoms with van der Waals surface area (Å²) in [6, 6.07) is 11.7. The molecule has 10 heteroatoms. The molecule has 1 aliphatic carbocycles. The fourth-order valence-corrected chi connectivity index (χ4v) is 4.52. The average molecular weight is 483 g/mol. The van der Waals surface area contributed by atoms with E-state index in [1.807, 2.05) is 25.1 Å². The predicted octanol–water partition coefficient (Wildman–Crippen LogP) is 3.23. The van der Waals surface area contributed by atoms with E-state index in [1.54, 1.807) is 6.07 Å². The first kappa shape index (κ1) is 24.5. The van der Waals surface area contributed by atoms with Crippen molar-refractivity contribution in [2.45, 2.75) is 50.9 Å². The maximum atomic E-state index is 13.4. The summed E-state index contributed by atoms with van der Waals surface area (Å²) in [5.41, 5.74) is 7.95. The molecule has 4 rings (SSSR count). The number of nitrogens with zero attached hydrogens (tertiary/aromatic N) is 2. The van der Waals surface area contributed by atoms with Crippen LogP contribution in [0.3, 0.4) is 0 Å². The number of hydrogen-bond acceptors (Lipinski definition) is 4. The van der Waals surface area contributed by atoms with E-state index in [0.717, 1.165) is 31.2 Å². The van der Waals surface area contributed by atoms with E-state index >= 15 is 0 Å². The number of carbonyl (C=O) groups excluding carboxylic acids is 3. The van der Waals surface area contributed by atoms with Crippen LogP contribution in [0, 0.1) is 12.7 Å². The van der Waals surface area contributed by atoms with Gasteiger partial charge in [0, 0.05) is 36.5 Å². The van der Waals surface area contributed by atoms with Crippen LogP contribution in [0.2, 0.25) is 0 Å². The molecule has 1 saturated carbocycles. The van der Waals surface area contributed by atoms with E-state index in [-0.39, 0.29) is 25.2 Å². The van der Waals surface area contributed by atoms with Gasteiger partial charge in [-0.25, -0.2) is 14.0 Å². The summed E-state index contributed by atoms with van der Waals surface area (Å²) < 4.78 is 13.2. The van der Waals surface area contributed by atoms with Crippen LogP contribution in [0.25, 0.3) is 0 Å². The van der Waals surface area contributed by atoms with Crippen molar-refractivity contribution >= 4 is 29.3 Å². The van der Waals surface area contributed by atoms with Gasteiger partial charge in [0.2, 0.25) is 0 Å². The first-order valence-electron chi connectivity index (χ1n) is 11.8. The predicted molar refractivity (Wildman–Crippen MR) is 131 cm³/mol. The van der Waals surface area contributed by atoms with Crippen molar-refractivity contribution in [3.05, 3.63) is 59.9 Å². The van der Waals surface area contributed by atoms with Gasteiger partial charge in [-0.3, -0.25) is 14.6 Å². The minimum absolute atomic E-state index is 0.0633. The Labute approximate surface area is 203 Å². The molecule has 0 bridgehead atoms. The van der Waals surface area contributed by atoms with Crippen LogP contribution < -0.4 is 21.7 Å². The Morgan fingerprint density at radius 1 is 0.886 bits per heavy atom. The van der Waals surface area contributed by atoms with Crippen molar-refractivity contribution in [2.75, 3.05) is 23.7 Å². The molecule has 2 aromatic rings. The Hall–Kier alpha value is -3.66. The van der Waals surface area contributed by atoms with Crippen LogP contribution in [-0.2, 0) is 4.79 Å². The lowest BCUT2D eigenvalue weighted by atomic mass is 9.92. The molecule has 5 N–H and O–H groups in total. The molecule has 5 amide bonds. The van der Waals surface area contributed by atoms with Gasteiger partial charge in [0.1, 0.15) is 5.82 Å². The second-order valence-electron chi connectivity index (χ2n) is 9.12. The zero-order valence-electron chi connectivity index (χ0n) is 19.7. The third-order valence-electron chi connectivity index (χ3n) is 6.41. The number of rotatable bonds is 4. The summed E-state index contributed by atoms with van der Waals surface area (Å²) >= 11 is 0. The van der Waals surface area contributed by atoms with Crippen LogP contribution in [0.15, 0.2) is 48.5 Å². The average Bonchev–Trinajstić information content (AvgIpc) is 3.28. The molecule has 186 valence electrons. The van der Waals surface area contributed by atoms with Gasteiger partial charge in [0.25, 0.3) is 5.91 Å². The molecule has 35 heavy (non-hydrogen) atoms. The molecule has 1 atom stereocenters. The van der Waals surface area contributed by atoms with Crippen molar-refractivity contribution in [1.82, 2.24) is 15.1 Å². The smallest absolute Gasteiger partial charge is 0.323 e. The van der Waals surface area contributed by atoms with Gasteiger partial charge in [0.05, 0.1) is 0 Å². The zero-order chi connectivity index (χ0) is 24.9. The van der Waals surface area contributed by atoms with E-state index in [0.29, 0.717) is 11.4 Å². The Morgan fingerprint density at radius 3 is 2.09 bits per heavy atom. The number of urea groups is 2. The molecule has 2 aliphatic rings. The highest BCUT2D eigenvalue weighted by molar-refractivity contribution is 5.98. The van der Waals surface area contributed by atoms with E-state index in [2.05, 4.69) is 16.0 Å². The minimum Gasteiger partial charge on any atom is -0.350 e. The Kier molecular flexibility index (Phi) is 7.50. The molecule has 0 aromatic heterocycles. The molecule has 9 nitrogen and oxygen atoms in total. The largest absolute Gasteiger partial charge is 0.350 e. The van der Waals surface area contributed by atoms with Crippen molar-refractivity contribution in [2.24, 2.45) is 5.73 Å². The van der Waals surface area contributed by atoms with E-state index < -0.39 is 30.0 Å². The Balaban J connectivity index is 1.51. The fraction of sp³-hybridized carbons (Fsp3) is 0.400. The summed E-state index contributed by atoms with van der Waals surface area (Å²) in [6.45, 7) is 2.27. The van der Waals surface area contributed by atoms with Gasteiger partial charge in [-0.05, 0) is 74.6 Å². The monoisotopic (exact) mass is 482 g/mol. The highest BCUT2D eigenvalue weighted by atomic mass is 19.1. The lowest BCUT2D eigenvalue weighted by Crippen LogP contribution is -2.57. The van der Waals surface area contributed by atoms with Crippen molar-refractivity contribution in [1.29, 1.82) is 0 Å². The lowest BCUT2D eigenvalue weighted by Gasteiger charge is -2.32. The molecule has 1 saturated heterocycles. The van der Waals surface area contributed by atoms with Gasteiger partial charge in [0.15, 0.2) is 6.17 Å². The Morgan fingerprint density at radius 2 is 1.49 bits per heavy atom. The zero-order valence-corrected chi connectivity index (χ0v) is 19.7. The highest BCUT2D eigenvalue weighted by Gasteiger charge is 2.43. The molecule has 2 aromatic carbocycles. The second kappa shape index (κ2) is 10.7. The van der Waals surface area contributed by atoms with Crippen molar-refractivity contribution < 1.29 is 18.8 Å². The normalized spacial score (nSPS) is 22.0. The third kappa shape index (κ3) is 6.07. The quantitative estimate of drug-likeness (QED) is 0.535. The highest BCUT2D eigenvalue weighted by Crippen LogP contribution is 2.22. The number of nitrogens with one attached hydrogen (secondary N) is 3. The number of amides is 5. The summed E-state index contributed by atoms with van der Waals surface area (Å²) in [5, 5.41) is 8.52. The maximum absolute atomic E-state index is 13.4. The second-order valence-corrected chi connectivity index (χ2v) is 9.12. The fourth-order valence-electron chi connectivity index (χ4n) is 4.52. The summed E-state index contributed by atoms with van der Waals surface area (Å²) in [5.74, 6) is -0.843. The first-order valence-corrected chi connectivity index (χ1v) is 11.8. The van der Waals surface area contributed by atoms with E-state index in [4.69, 9.17) is 5.73 Å². The molecular weight excluding hydrogens is 451 g/mol. The molecule has 1 unspecified atom stereocenters. The van der Waals surface area contributed by atoms with Crippen LogP contribution in [0.4, 0.5) is 25.4 Å². The van der Waals surface area contributed by atoms with E-state index in [1.165, 1.54) is 34.1 Å². The van der Waals surface area contributed by atoms with Crippen LogP contribution in [0.1, 0.15) is 31.2 Å². The number of aryl methyl sites for hydroxylation is 1. The van der Waals surface area contributed by atoms with Crippen LogP contribution in [0.5, 0.6) is 0 Å². The minimum atomic E-state index is -1.13. The SMILES string of the molecule is Cc1cccc(NC(=O)N2CCN(C(=O)Nc3ccc(F)cc3)C2C(=O)NC2CCC(N)CC2)c1. The molecule has 1 aliphatic heterocycles. The molecule has 0 radical (unpaired) electrons. The molecular formula is C25H31FN6O3. The number of hydrogen-bond donors (Lipinski definition) is 4. The molecule has 1 heterocycles. The van der Waals surface area contributed by atoms with Crippen LogP contribution >= 0.6 is 0 Å². The number of halogens is 1. The third-order valence-corrected chi connectivity index (χ3v) is 6.41. The maximum Gasteiger partial charge on any atom is 0.323 e. The lowest BCUT2D eigenvalue weighted by molar-refractivity contribution is -0.128. The summed E-state index contributed by atoms with van der Waals surface area (Å²) in [4.78, 5) is 42.3. The molecule has 2 fully saturated rings. The summed E-state index contributed by atoms with van der Waals surface area (Å²) in [7, 11) is 0. The van der Waals surface area contributed by atoms with Crippen LogP contribution in [-0.4, -0.2) is 59.1 Å². The first-order chi connectivity index (χ1) is 16.8. The van der Waals surface area contributed by atoms with Gasteiger partial charge >= 0.3 is 12.1 Å². The van der Waals surface area contributed by atoms with E-state index in [9.17, 15) is 18.8 Å². The number of benzene rings is 2. The van der Waals surface area contributed by atoms with Gasteiger partial charge < -0.3 is 21.7 Å². The Bertz CT molecular complexity index is 1070. The standard InChI is InChI=1S/C25H31FN6O3/c1-16-3-2-4-21(15-16)30-25(35)32-14-13-31(24(34)29-20-9-5-17(26)6-10-20)23(32)22(33)28-19-11-7-18(27)8-12-19/h2-6,9-10,15,18-19,23H,7-8,11-14,27H2,1H3,(H,28,33)(H,29,34)(H,30,35). The van der Waals surface area contributed by atoms with Gasteiger partial charge in [-0.1, -0.05) is 12.1 Å². The number of nitrogens with two attached hydrogens (primary N) is 1. The topological polar surface area (TPSA) is 120 Å². The van der Waals surface area contributed by atoms with Gasteiger partial charge in [-0.2, -0.15) is 0 Å². The number of carbonyl (C=O) groups is 3. The van der Waals surface area contributed by atoms with Gasteiger partial charge in [-0.15, -0.1) is 0 Å². The molecule has 0 spiro atoms. The van der Waals surface area contributed by atoms with Crippen molar-refractivity contribution in [3.63, 3.8) is 0 Å².